The average Bonchev–Trinajstić information content (AvgIpc) is 2.90. The highest BCUT2D eigenvalue weighted by Crippen LogP contribution is 2.53. The molecule has 0 spiro atoms. The van der Waals surface area contributed by atoms with Crippen LogP contribution in [0, 0.1) is 37.5 Å². The quantitative estimate of drug-likeness (QED) is 0.184. The topological polar surface area (TPSA) is 187 Å². The second-order valence-corrected chi connectivity index (χ2v) is 10.6. The van der Waals surface area contributed by atoms with Gasteiger partial charge in [-0.25, -0.2) is 0 Å². The molecule has 14 nitrogen and oxygen atoms in total. The predicted octanol–water partition coefficient (Wildman–Crippen LogP) is 3.90. The fourth-order valence-electron chi connectivity index (χ4n) is 4.51. The molecule has 1 aliphatic rings. The number of methoxy groups -OCH3 is 2. The Morgan fingerprint density at radius 3 is 1.78 bits per heavy atom. The van der Waals surface area contributed by atoms with E-state index in [2.05, 4.69) is 21.3 Å². The van der Waals surface area contributed by atoms with E-state index in [0.29, 0.717) is 17.9 Å². The molecule has 2 amide bonds. The molecule has 2 aromatic carbocycles. The number of nitrogens with one attached hydrogen (secondary N) is 4. The molecule has 16 heteroatoms. The van der Waals surface area contributed by atoms with E-state index in [1.807, 2.05) is 13.8 Å². The first-order chi connectivity index (χ1) is 19.3. The van der Waals surface area contributed by atoms with Crippen molar-refractivity contribution in [3.05, 3.63) is 56.6 Å². The summed E-state index contributed by atoms with van der Waals surface area (Å²) in [6, 6.07) is 8.33. The maximum absolute atomic E-state index is 12.9. The van der Waals surface area contributed by atoms with E-state index < -0.39 is 27.1 Å². The van der Waals surface area contributed by atoms with Crippen molar-refractivity contribution in [2.45, 2.75) is 26.7 Å². The summed E-state index contributed by atoms with van der Waals surface area (Å²) in [6.07, 6.45) is 0.450. The number of nitro groups is 2. The summed E-state index contributed by atoms with van der Waals surface area (Å²) in [7, 11) is 2.77. The van der Waals surface area contributed by atoms with Crippen molar-refractivity contribution in [1.82, 2.24) is 10.6 Å². The lowest BCUT2D eigenvalue weighted by Crippen LogP contribution is -2.55. The van der Waals surface area contributed by atoms with Gasteiger partial charge in [0.15, 0.2) is 10.2 Å². The molecule has 2 unspecified atom stereocenters. The Balaban J connectivity index is 1.53. The molecular formula is C25H28N6O8S2. The highest BCUT2D eigenvalue weighted by atomic mass is 32.1. The van der Waals surface area contributed by atoms with Crippen LogP contribution in [-0.2, 0) is 9.59 Å². The van der Waals surface area contributed by atoms with E-state index in [1.165, 1.54) is 50.6 Å². The minimum Gasteiger partial charge on any atom is -0.496 e. The predicted molar refractivity (Wildman–Crippen MR) is 158 cm³/mol. The van der Waals surface area contributed by atoms with E-state index in [9.17, 15) is 29.8 Å². The average molecular weight is 605 g/mol. The zero-order valence-corrected chi connectivity index (χ0v) is 24.1. The first kappa shape index (κ1) is 31.1. The van der Waals surface area contributed by atoms with Gasteiger partial charge in [0.25, 0.3) is 11.4 Å². The van der Waals surface area contributed by atoms with Gasteiger partial charge in [-0.1, -0.05) is 13.8 Å². The van der Waals surface area contributed by atoms with Gasteiger partial charge in [-0.15, -0.1) is 0 Å². The number of nitro benzene ring substituents is 2. The second kappa shape index (κ2) is 12.8. The van der Waals surface area contributed by atoms with Crippen molar-refractivity contribution >= 4 is 69.2 Å². The molecule has 218 valence electrons. The number of amides is 2. The van der Waals surface area contributed by atoms with Crippen molar-refractivity contribution in [3.63, 3.8) is 0 Å². The molecule has 0 heterocycles. The van der Waals surface area contributed by atoms with E-state index in [4.69, 9.17) is 33.9 Å². The first-order valence-corrected chi connectivity index (χ1v) is 13.0. The van der Waals surface area contributed by atoms with Crippen LogP contribution >= 0.6 is 24.4 Å². The molecular weight excluding hydrogens is 576 g/mol. The van der Waals surface area contributed by atoms with Crippen LogP contribution in [0.5, 0.6) is 11.5 Å². The van der Waals surface area contributed by atoms with E-state index >= 15 is 0 Å². The maximum Gasteiger partial charge on any atom is 0.296 e. The van der Waals surface area contributed by atoms with Crippen LogP contribution in [0.25, 0.3) is 0 Å². The van der Waals surface area contributed by atoms with Crippen LogP contribution in [0.1, 0.15) is 26.7 Å². The summed E-state index contributed by atoms with van der Waals surface area (Å²) in [6.45, 7) is 3.70. The van der Waals surface area contributed by atoms with Gasteiger partial charge in [0.2, 0.25) is 11.8 Å². The molecule has 4 N–H and O–H groups in total. The third-order valence-electron chi connectivity index (χ3n) is 7.01. The number of ether oxygens (including phenoxy) is 2. The van der Waals surface area contributed by atoms with Gasteiger partial charge in [0.05, 0.1) is 36.2 Å². The molecule has 0 aliphatic heterocycles. The highest BCUT2D eigenvalue weighted by Gasteiger charge is 2.52. The molecule has 1 fully saturated rings. The highest BCUT2D eigenvalue weighted by molar-refractivity contribution is 7.80. The van der Waals surface area contributed by atoms with Crippen molar-refractivity contribution in [2.24, 2.45) is 17.3 Å². The molecule has 3 rings (SSSR count). The number of nitrogens with zero attached hydrogens (tertiary/aromatic N) is 2. The van der Waals surface area contributed by atoms with Gasteiger partial charge in [-0.05, 0) is 66.5 Å². The Kier molecular flexibility index (Phi) is 9.72. The standard InChI is InChI=1S/C25H28N6O8S2/c1-25(2)13(10-21(32)28-23(40)26-17-7-5-14(38-3)11-19(17)30(34)35)9-16(25)22(33)29-24(41)27-18-8-6-15(39-4)12-20(18)31(36)37/h5-8,11-13,16H,9-10H2,1-4H3,(H2,26,28,32,40)(H2,27,29,33,41). The number of hydrogen-bond acceptors (Lipinski definition) is 10. The smallest absolute Gasteiger partial charge is 0.296 e. The molecule has 1 aliphatic carbocycles. The normalized spacial score (nSPS) is 16.8. The Morgan fingerprint density at radius 2 is 1.37 bits per heavy atom. The number of carbonyl (C=O) groups is 2. The Morgan fingerprint density at radius 1 is 0.902 bits per heavy atom. The Hall–Kier alpha value is -4.44. The van der Waals surface area contributed by atoms with Gasteiger partial charge in [-0.3, -0.25) is 29.8 Å². The summed E-state index contributed by atoms with van der Waals surface area (Å²) in [4.78, 5) is 47.1. The minimum atomic E-state index is -0.600. The fraction of sp³-hybridized carbons (Fsp3) is 0.360. The number of thiocarbonyl (C=S) groups is 2. The van der Waals surface area contributed by atoms with Crippen molar-refractivity contribution in [1.29, 1.82) is 0 Å². The van der Waals surface area contributed by atoms with Gasteiger partial charge in [0, 0.05) is 12.3 Å². The summed E-state index contributed by atoms with van der Waals surface area (Å²) >= 11 is 10.4. The first-order valence-electron chi connectivity index (χ1n) is 12.1. The Labute approximate surface area is 245 Å². The molecule has 2 atom stereocenters. The molecule has 0 bridgehead atoms. The van der Waals surface area contributed by atoms with E-state index in [1.54, 1.807) is 0 Å². The summed E-state index contributed by atoms with van der Waals surface area (Å²) in [5.74, 6) is -0.855. The number of carbonyl (C=O) groups excluding carboxylic acids is 2. The largest absolute Gasteiger partial charge is 0.496 e. The van der Waals surface area contributed by atoms with Crippen LogP contribution in [0.15, 0.2) is 36.4 Å². The number of rotatable bonds is 9. The van der Waals surface area contributed by atoms with Crippen LogP contribution in [0.2, 0.25) is 0 Å². The van der Waals surface area contributed by atoms with Crippen molar-refractivity contribution < 1.29 is 28.9 Å². The maximum atomic E-state index is 12.9. The summed E-state index contributed by atoms with van der Waals surface area (Å²) in [5.41, 5.74) is -0.944. The summed E-state index contributed by atoms with van der Waals surface area (Å²) in [5, 5.41) is 33.0. The number of hydrogen-bond donors (Lipinski definition) is 4. The second-order valence-electron chi connectivity index (χ2n) is 9.74. The molecule has 0 radical (unpaired) electrons. The lowest BCUT2D eigenvalue weighted by Gasteiger charge is -2.51. The molecule has 0 aromatic heterocycles. The monoisotopic (exact) mass is 604 g/mol. The van der Waals surface area contributed by atoms with Gasteiger partial charge in [-0.2, -0.15) is 0 Å². The van der Waals surface area contributed by atoms with Gasteiger partial charge >= 0.3 is 0 Å². The van der Waals surface area contributed by atoms with Crippen LogP contribution < -0.4 is 30.7 Å². The molecule has 2 aromatic rings. The van der Waals surface area contributed by atoms with Crippen molar-refractivity contribution in [3.8, 4) is 11.5 Å². The van der Waals surface area contributed by atoms with Crippen LogP contribution in [-0.4, -0.2) is 46.1 Å². The zero-order valence-electron chi connectivity index (χ0n) is 22.5. The number of benzene rings is 2. The van der Waals surface area contributed by atoms with E-state index in [0.717, 1.165) is 0 Å². The van der Waals surface area contributed by atoms with E-state index in [-0.39, 0.29) is 51.2 Å². The SMILES string of the molecule is COc1ccc(NC(=S)NC(=O)CC2CC(C(=O)NC(=S)Nc3ccc(OC)cc3[N+](=O)[O-])C2(C)C)c([N+](=O)[O-])c1. The lowest BCUT2D eigenvalue weighted by atomic mass is 9.53. The van der Waals surface area contributed by atoms with Crippen LogP contribution in [0.4, 0.5) is 22.7 Å². The van der Waals surface area contributed by atoms with Gasteiger partial charge in [0.1, 0.15) is 22.9 Å². The Bertz CT molecular complexity index is 1420. The summed E-state index contributed by atoms with van der Waals surface area (Å²) < 4.78 is 10.0. The lowest BCUT2D eigenvalue weighted by molar-refractivity contribution is -0.384. The zero-order chi connectivity index (χ0) is 30.5. The molecule has 41 heavy (non-hydrogen) atoms. The molecule has 1 saturated carbocycles. The molecule has 0 saturated heterocycles. The van der Waals surface area contributed by atoms with Crippen molar-refractivity contribution in [2.75, 3.05) is 24.9 Å². The van der Waals surface area contributed by atoms with Gasteiger partial charge < -0.3 is 30.7 Å². The third kappa shape index (κ3) is 7.40. The fourth-order valence-corrected chi connectivity index (χ4v) is 4.94. The third-order valence-corrected chi connectivity index (χ3v) is 7.42. The number of anilines is 2. The van der Waals surface area contributed by atoms with Crippen LogP contribution in [0.3, 0.4) is 0 Å². The minimum absolute atomic E-state index is 0.0596.